The SMILES string of the molecule is C=CCN(Cc1ccc(F)c(C)c1)C(=O)C(=O)OC. The summed E-state index contributed by atoms with van der Waals surface area (Å²) in [5, 5.41) is 0. The Morgan fingerprint density at radius 1 is 1.47 bits per heavy atom. The topological polar surface area (TPSA) is 46.6 Å². The van der Waals surface area contributed by atoms with Crippen molar-refractivity contribution in [3.8, 4) is 0 Å². The second kappa shape index (κ2) is 6.68. The van der Waals surface area contributed by atoms with E-state index in [-0.39, 0.29) is 18.9 Å². The number of esters is 1. The number of rotatable bonds is 4. The summed E-state index contributed by atoms with van der Waals surface area (Å²) in [6.45, 7) is 5.58. The molecule has 0 radical (unpaired) electrons. The minimum absolute atomic E-state index is 0.196. The van der Waals surface area contributed by atoms with Crippen molar-refractivity contribution < 1.29 is 18.7 Å². The van der Waals surface area contributed by atoms with E-state index < -0.39 is 11.9 Å². The molecule has 0 aromatic heterocycles. The van der Waals surface area contributed by atoms with Gasteiger partial charge in [0.15, 0.2) is 0 Å². The van der Waals surface area contributed by atoms with Gasteiger partial charge in [-0.25, -0.2) is 9.18 Å². The summed E-state index contributed by atoms with van der Waals surface area (Å²) in [6, 6.07) is 4.54. The maximum absolute atomic E-state index is 13.2. The summed E-state index contributed by atoms with van der Waals surface area (Å²) >= 11 is 0. The van der Waals surface area contributed by atoms with Crippen molar-refractivity contribution in [2.45, 2.75) is 13.5 Å². The number of hydrogen-bond donors (Lipinski definition) is 0. The van der Waals surface area contributed by atoms with Crippen LogP contribution in [0.25, 0.3) is 0 Å². The van der Waals surface area contributed by atoms with Crippen LogP contribution in [0.1, 0.15) is 11.1 Å². The Kier molecular flexibility index (Phi) is 5.23. The number of methoxy groups -OCH3 is 1. The van der Waals surface area contributed by atoms with Gasteiger partial charge in [0.25, 0.3) is 0 Å². The third kappa shape index (κ3) is 3.91. The highest BCUT2D eigenvalue weighted by Crippen LogP contribution is 2.12. The molecule has 1 rings (SSSR count). The molecule has 0 spiro atoms. The Morgan fingerprint density at radius 3 is 2.68 bits per heavy atom. The monoisotopic (exact) mass is 265 g/mol. The highest BCUT2D eigenvalue weighted by Gasteiger charge is 2.21. The molecule has 0 aliphatic carbocycles. The predicted octanol–water partition coefficient (Wildman–Crippen LogP) is 1.82. The van der Waals surface area contributed by atoms with E-state index in [9.17, 15) is 14.0 Å². The Morgan fingerprint density at radius 2 is 2.16 bits per heavy atom. The number of carbonyl (C=O) groups excluding carboxylic acids is 2. The summed E-state index contributed by atoms with van der Waals surface area (Å²) < 4.78 is 17.6. The lowest BCUT2D eigenvalue weighted by Gasteiger charge is -2.20. The molecule has 0 atom stereocenters. The summed E-state index contributed by atoms with van der Waals surface area (Å²) in [6.07, 6.45) is 1.51. The van der Waals surface area contributed by atoms with Gasteiger partial charge in [-0.3, -0.25) is 4.79 Å². The van der Waals surface area contributed by atoms with Crippen LogP contribution in [0.4, 0.5) is 4.39 Å². The summed E-state index contributed by atoms with van der Waals surface area (Å²) in [7, 11) is 1.15. The first-order valence-electron chi connectivity index (χ1n) is 5.72. The number of nitrogens with zero attached hydrogens (tertiary/aromatic N) is 1. The molecule has 5 heteroatoms. The molecular formula is C14H16FNO3. The molecule has 1 amide bonds. The predicted molar refractivity (Wildman–Crippen MR) is 68.8 cm³/mol. The first-order chi connectivity index (χ1) is 8.99. The molecule has 0 aliphatic rings. The van der Waals surface area contributed by atoms with Crippen LogP contribution in [0.3, 0.4) is 0 Å². The molecule has 0 aliphatic heterocycles. The first-order valence-corrected chi connectivity index (χ1v) is 5.72. The van der Waals surface area contributed by atoms with Crippen LogP contribution in [-0.2, 0) is 20.9 Å². The van der Waals surface area contributed by atoms with E-state index in [1.807, 2.05) is 0 Å². The molecular weight excluding hydrogens is 249 g/mol. The lowest BCUT2D eigenvalue weighted by Crippen LogP contribution is -2.36. The van der Waals surface area contributed by atoms with E-state index in [1.165, 1.54) is 17.0 Å². The van der Waals surface area contributed by atoms with Gasteiger partial charge in [0, 0.05) is 13.1 Å². The van der Waals surface area contributed by atoms with Crippen LogP contribution >= 0.6 is 0 Å². The number of amides is 1. The van der Waals surface area contributed by atoms with Gasteiger partial charge < -0.3 is 9.64 Å². The second-order valence-electron chi connectivity index (χ2n) is 4.05. The largest absolute Gasteiger partial charge is 0.462 e. The molecule has 0 unspecified atom stereocenters. The molecule has 0 N–H and O–H groups in total. The third-order valence-corrected chi connectivity index (χ3v) is 2.59. The lowest BCUT2D eigenvalue weighted by molar-refractivity contribution is -0.158. The molecule has 1 aromatic carbocycles. The highest BCUT2D eigenvalue weighted by atomic mass is 19.1. The molecule has 1 aromatic rings. The summed E-state index contributed by atoms with van der Waals surface area (Å²) in [5.41, 5.74) is 1.22. The van der Waals surface area contributed by atoms with Gasteiger partial charge in [0.05, 0.1) is 7.11 Å². The Bertz CT molecular complexity index is 499. The van der Waals surface area contributed by atoms with Gasteiger partial charge in [-0.05, 0) is 24.1 Å². The average Bonchev–Trinajstić information content (AvgIpc) is 2.40. The fraction of sp³-hybridized carbons (Fsp3) is 0.286. The van der Waals surface area contributed by atoms with Gasteiger partial charge in [-0.15, -0.1) is 6.58 Å². The molecule has 102 valence electrons. The summed E-state index contributed by atoms with van der Waals surface area (Å²) in [5.74, 6) is -1.98. The van der Waals surface area contributed by atoms with Crippen molar-refractivity contribution in [2.24, 2.45) is 0 Å². The average molecular weight is 265 g/mol. The van der Waals surface area contributed by atoms with E-state index in [2.05, 4.69) is 11.3 Å². The van der Waals surface area contributed by atoms with Gasteiger partial charge in [-0.2, -0.15) is 0 Å². The molecule has 0 fully saturated rings. The van der Waals surface area contributed by atoms with Crippen LogP contribution in [0, 0.1) is 12.7 Å². The fourth-order valence-corrected chi connectivity index (χ4v) is 1.62. The van der Waals surface area contributed by atoms with Gasteiger partial charge >= 0.3 is 11.9 Å². The molecule has 4 nitrogen and oxygen atoms in total. The van der Waals surface area contributed by atoms with E-state index in [0.29, 0.717) is 5.56 Å². The van der Waals surface area contributed by atoms with Crippen molar-refractivity contribution in [1.29, 1.82) is 0 Å². The van der Waals surface area contributed by atoms with E-state index in [1.54, 1.807) is 19.1 Å². The number of aryl methyl sites for hydroxylation is 1. The standard InChI is InChI=1S/C14H16FNO3/c1-4-7-16(13(17)14(18)19-3)9-11-5-6-12(15)10(2)8-11/h4-6,8H,1,7,9H2,2-3H3. The Labute approximate surface area is 111 Å². The first kappa shape index (κ1) is 14.9. The van der Waals surface area contributed by atoms with E-state index in [0.717, 1.165) is 12.7 Å². The van der Waals surface area contributed by atoms with Gasteiger partial charge in [0.1, 0.15) is 5.82 Å². The van der Waals surface area contributed by atoms with Crippen molar-refractivity contribution in [3.05, 3.63) is 47.8 Å². The number of halogens is 1. The smallest absolute Gasteiger partial charge is 0.396 e. The molecule has 0 bridgehead atoms. The van der Waals surface area contributed by atoms with Crippen molar-refractivity contribution in [1.82, 2.24) is 4.90 Å². The van der Waals surface area contributed by atoms with Crippen LogP contribution in [0.15, 0.2) is 30.9 Å². The summed E-state index contributed by atoms with van der Waals surface area (Å²) in [4.78, 5) is 24.3. The molecule has 0 heterocycles. The number of hydrogen-bond acceptors (Lipinski definition) is 3. The maximum atomic E-state index is 13.2. The quantitative estimate of drug-likeness (QED) is 0.474. The van der Waals surface area contributed by atoms with E-state index >= 15 is 0 Å². The second-order valence-corrected chi connectivity index (χ2v) is 4.05. The van der Waals surface area contributed by atoms with Crippen LogP contribution in [0.5, 0.6) is 0 Å². The van der Waals surface area contributed by atoms with Crippen molar-refractivity contribution in [2.75, 3.05) is 13.7 Å². The Balaban J connectivity index is 2.88. The normalized spacial score (nSPS) is 9.84. The Hall–Kier alpha value is -2.17. The molecule has 0 saturated carbocycles. The van der Waals surface area contributed by atoms with Gasteiger partial charge in [0.2, 0.25) is 0 Å². The minimum Gasteiger partial charge on any atom is -0.462 e. The van der Waals surface area contributed by atoms with Crippen molar-refractivity contribution >= 4 is 11.9 Å². The van der Waals surface area contributed by atoms with Crippen molar-refractivity contribution in [3.63, 3.8) is 0 Å². The maximum Gasteiger partial charge on any atom is 0.396 e. The van der Waals surface area contributed by atoms with Crippen LogP contribution in [-0.4, -0.2) is 30.4 Å². The highest BCUT2D eigenvalue weighted by molar-refractivity contribution is 6.32. The van der Waals surface area contributed by atoms with E-state index in [4.69, 9.17) is 0 Å². The lowest BCUT2D eigenvalue weighted by atomic mass is 10.1. The number of benzene rings is 1. The molecule has 0 saturated heterocycles. The van der Waals surface area contributed by atoms with Gasteiger partial charge in [-0.1, -0.05) is 18.2 Å². The number of carbonyl (C=O) groups is 2. The minimum atomic E-state index is -0.930. The third-order valence-electron chi connectivity index (χ3n) is 2.59. The number of ether oxygens (including phenoxy) is 1. The van der Waals surface area contributed by atoms with Crippen LogP contribution < -0.4 is 0 Å². The fourth-order valence-electron chi connectivity index (χ4n) is 1.62. The zero-order chi connectivity index (χ0) is 14.4. The molecule has 19 heavy (non-hydrogen) atoms. The zero-order valence-corrected chi connectivity index (χ0v) is 11.0. The van der Waals surface area contributed by atoms with Crippen LogP contribution in [0.2, 0.25) is 0 Å². The zero-order valence-electron chi connectivity index (χ0n) is 11.0.